The van der Waals surface area contributed by atoms with Gasteiger partial charge in [0.15, 0.2) is 0 Å². The van der Waals surface area contributed by atoms with Crippen molar-refractivity contribution in [2.45, 2.75) is 39.7 Å². The fourth-order valence-electron chi connectivity index (χ4n) is 1.10. The largest absolute Gasteiger partial charge is 0.396 e. The van der Waals surface area contributed by atoms with Gasteiger partial charge < -0.3 is 10.4 Å². The molecule has 2 N–H and O–H groups in total. The van der Waals surface area contributed by atoms with Gasteiger partial charge in [0.25, 0.3) is 0 Å². The lowest BCUT2D eigenvalue weighted by atomic mass is 9.89. The third-order valence-electron chi connectivity index (χ3n) is 2.68. The van der Waals surface area contributed by atoms with Crippen molar-refractivity contribution in [3.63, 3.8) is 0 Å². The van der Waals surface area contributed by atoms with Gasteiger partial charge in [-0.1, -0.05) is 20.8 Å². The minimum Gasteiger partial charge on any atom is -0.396 e. The van der Waals surface area contributed by atoms with E-state index in [0.717, 1.165) is 12.2 Å². The number of rotatable bonds is 7. The molecule has 0 fully saturated rings. The lowest BCUT2D eigenvalue weighted by Crippen LogP contribution is -2.44. The minimum atomic E-state index is -0.313. The van der Waals surface area contributed by atoms with Crippen LogP contribution < -0.4 is 5.32 Å². The summed E-state index contributed by atoms with van der Waals surface area (Å²) in [6.07, 6.45) is 3.46. The summed E-state index contributed by atoms with van der Waals surface area (Å²) in [5.74, 6) is 0.934. The predicted octanol–water partition coefficient (Wildman–Crippen LogP) is 1.65. The van der Waals surface area contributed by atoms with Crippen LogP contribution in [0.4, 0.5) is 0 Å². The molecule has 0 rings (SSSR count). The van der Waals surface area contributed by atoms with Crippen molar-refractivity contribution in [3.8, 4) is 0 Å². The van der Waals surface area contributed by atoms with E-state index in [-0.39, 0.29) is 24.0 Å². The van der Waals surface area contributed by atoms with Gasteiger partial charge in [-0.25, -0.2) is 0 Å². The molecule has 90 valence electrons. The Balaban J connectivity index is 4.21. The van der Waals surface area contributed by atoms with Crippen molar-refractivity contribution in [3.05, 3.63) is 0 Å². The van der Waals surface area contributed by atoms with E-state index in [2.05, 4.69) is 5.32 Å². The Kier molecular flexibility index (Phi) is 7.02. The summed E-state index contributed by atoms with van der Waals surface area (Å²) in [4.78, 5) is 11.9. The van der Waals surface area contributed by atoms with Crippen molar-refractivity contribution >= 4 is 17.7 Å². The van der Waals surface area contributed by atoms with E-state index < -0.39 is 0 Å². The van der Waals surface area contributed by atoms with Crippen molar-refractivity contribution in [2.24, 2.45) is 5.41 Å². The van der Waals surface area contributed by atoms with E-state index in [1.165, 1.54) is 0 Å². The molecule has 0 saturated carbocycles. The lowest BCUT2D eigenvalue weighted by Gasteiger charge is -2.25. The highest BCUT2D eigenvalue weighted by Gasteiger charge is 2.26. The number of nitrogens with one attached hydrogen (secondary N) is 1. The van der Waals surface area contributed by atoms with Crippen molar-refractivity contribution < 1.29 is 9.90 Å². The highest BCUT2D eigenvalue weighted by atomic mass is 32.2. The molecule has 1 atom stereocenters. The number of amides is 1. The summed E-state index contributed by atoms with van der Waals surface area (Å²) in [6.45, 7) is 6.02. The molecule has 15 heavy (non-hydrogen) atoms. The number of aliphatic hydroxyl groups is 1. The van der Waals surface area contributed by atoms with Crippen LogP contribution in [0.2, 0.25) is 0 Å². The number of thioether (sulfide) groups is 1. The predicted molar refractivity (Wildman–Crippen MR) is 66.1 cm³/mol. The maximum Gasteiger partial charge on any atom is 0.225 e. The normalized spacial score (nSPS) is 13.7. The Hall–Kier alpha value is -0.220. The zero-order valence-electron chi connectivity index (χ0n) is 10.2. The van der Waals surface area contributed by atoms with Gasteiger partial charge in [-0.05, 0) is 19.1 Å². The highest BCUT2D eigenvalue weighted by Crippen LogP contribution is 2.20. The van der Waals surface area contributed by atoms with Crippen LogP contribution in [0.15, 0.2) is 0 Å². The van der Waals surface area contributed by atoms with Crippen LogP contribution in [-0.2, 0) is 4.79 Å². The van der Waals surface area contributed by atoms with Crippen molar-refractivity contribution in [2.75, 3.05) is 18.6 Å². The Labute approximate surface area is 97.0 Å². The standard InChI is InChI=1S/C11H23NO2S/c1-5-11(2,3)10(14)12-9(6-7-13)8-15-4/h9,13H,5-8H2,1-4H3,(H,12,14). The SMILES string of the molecule is CCC(C)(C)C(=O)NC(CCO)CSC. The van der Waals surface area contributed by atoms with Crippen LogP contribution in [0, 0.1) is 5.41 Å². The zero-order valence-corrected chi connectivity index (χ0v) is 11.0. The Morgan fingerprint density at radius 1 is 1.53 bits per heavy atom. The van der Waals surface area contributed by atoms with Crippen LogP contribution in [0.5, 0.6) is 0 Å². The quantitative estimate of drug-likeness (QED) is 0.703. The maximum atomic E-state index is 11.9. The molecule has 0 aromatic rings. The minimum absolute atomic E-state index is 0.0810. The van der Waals surface area contributed by atoms with Gasteiger partial charge >= 0.3 is 0 Å². The second-order valence-electron chi connectivity index (χ2n) is 4.38. The second-order valence-corrected chi connectivity index (χ2v) is 5.29. The highest BCUT2D eigenvalue weighted by molar-refractivity contribution is 7.98. The molecular formula is C11H23NO2S. The molecule has 1 unspecified atom stereocenters. The molecule has 4 heteroatoms. The molecule has 0 aromatic heterocycles. The smallest absolute Gasteiger partial charge is 0.225 e. The summed E-state index contributed by atoms with van der Waals surface area (Å²) in [5, 5.41) is 11.9. The number of aliphatic hydroxyl groups excluding tert-OH is 1. The molecule has 0 aliphatic heterocycles. The van der Waals surface area contributed by atoms with Gasteiger partial charge in [0.1, 0.15) is 0 Å². The summed E-state index contributed by atoms with van der Waals surface area (Å²) in [6, 6.07) is 0.0864. The zero-order chi connectivity index (χ0) is 11.9. The van der Waals surface area contributed by atoms with E-state index in [1.54, 1.807) is 11.8 Å². The first kappa shape index (κ1) is 14.8. The molecular weight excluding hydrogens is 210 g/mol. The average Bonchev–Trinajstić information content (AvgIpc) is 2.18. The first-order valence-corrected chi connectivity index (χ1v) is 6.78. The molecule has 0 bridgehead atoms. The van der Waals surface area contributed by atoms with Crippen LogP contribution in [-0.4, -0.2) is 35.7 Å². The van der Waals surface area contributed by atoms with Crippen LogP contribution in [0.3, 0.4) is 0 Å². The topological polar surface area (TPSA) is 49.3 Å². The van der Waals surface area contributed by atoms with E-state index >= 15 is 0 Å². The number of hydrogen-bond acceptors (Lipinski definition) is 3. The number of carbonyl (C=O) groups is 1. The average molecular weight is 233 g/mol. The Bertz CT molecular complexity index is 189. The summed E-state index contributed by atoms with van der Waals surface area (Å²) in [7, 11) is 0. The van der Waals surface area contributed by atoms with E-state index in [9.17, 15) is 4.79 Å². The maximum absolute atomic E-state index is 11.9. The number of hydrogen-bond donors (Lipinski definition) is 2. The summed E-state index contributed by atoms with van der Waals surface area (Å²) >= 11 is 1.68. The lowest BCUT2D eigenvalue weighted by molar-refractivity contribution is -0.130. The van der Waals surface area contributed by atoms with Gasteiger partial charge in [-0.2, -0.15) is 11.8 Å². The fraction of sp³-hybridized carbons (Fsp3) is 0.909. The van der Waals surface area contributed by atoms with Crippen LogP contribution >= 0.6 is 11.8 Å². The van der Waals surface area contributed by atoms with Gasteiger partial charge in [0, 0.05) is 23.8 Å². The fourth-order valence-corrected chi connectivity index (χ4v) is 1.75. The molecule has 3 nitrogen and oxygen atoms in total. The Morgan fingerprint density at radius 3 is 2.53 bits per heavy atom. The van der Waals surface area contributed by atoms with Gasteiger partial charge in [0.2, 0.25) is 5.91 Å². The first-order valence-electron chi connectivity index (χ1n) is 5.38. The van der Waals surface area contributed by atoms with Crippen LogP contribution in [0.1, 0.15) is 33.6 Å². The van der Waals surface area contributed by atoms with Crippen LogP contribution in [0.25, 0.3) is 0 Å². The molecule has 0 aliphatic rings. The summed E-state index contributed by atoms with van der Waals surface area (Å²) < 4.78 is 0. The third-order valence-corrected chi connectivity index (χ3v) is 3.41. The monoisotopic (exact) mass is 233 g/mol. The van der Waals surface area contributed by atoms with Crippen molar-refractivity contribution in [1.29, 1.82) is 0 Å². The first-order chi connectivity index (χ1) is 6.97. The molecule has 0 aliphatic carbocycles. The van der Waals surface area contributed by atoms with E-state index in [4.69, 9.17) is 5.11 Å². The summed E-state index contributed by atoms with van der Waals surface area (Å²) in [5.41, 5.74) is -0.313. The third kappa shape index (κ3) is 5.42. The van der Waals surface area contributed by atoms with Gasteiger partial charge in [-0.3, -0.25) is 4.79 Å². The molecule has 1 amide bonds. The van der Waals surface area contributed by atoms with Gasteiger partial charge in [-0.15, -0.1) is 0 Å². The van der Waals surface area contributed by atoms with Crippen molar-refractivity contribution in [1.82, 2.24) is 5.32 Å². The van der Waals surface area contributed by atoms with Gasteiger partial charge in [0.05, 0.1) is 0 Å². The molecule has 0 radical (unpaired) electrons. The molecule has 0 spiro atoms. The molecule has 0 heterocycles. The molecule has 0 aromatic carbocycles. The molecule has 0 saturated heterocycles. The Morgan fingerprint density at radius 2 is 2.13 bits per heavy atom. The van der Waals surface area contributed by atoms with E-state index in [1.807, 2.05) is 27.0 Å². The number of carbonyl (C=O) groups excluding carboxylic acids is 1. The second kappa shape index (κ2) is 7.12. The van der Waals surface area contributed by atoms with E-state index in [0.29, 0.717) is 6.42 Å².